The Balaban J connectivity index is 2.76. The Hall–Kier alpha value is -1.06. The number of aliphatic hydroxyl groups is 1. The highest BCUT2D eigenvalue weighted by Crippen LogP contribution is 2.23. The Morgan fingerprint density at radius 3 is 2.60 bits per heavy atom. The normalized spacial score (nSPS) is 12.6. The summed E-state index contributed by atoms with van der Waals surface area (Å²) in [6.45, 7) is 6.57. The first-order valence-electron chi connectivity index (χ1n) is 5.13. The fraction of sp³-hybridized carbons (Fsp3) is 0.500. The molecule has 15 heavy (non-hydrogen) atoms. The van der Waals surface area contributed by atoms with Crippen LogP contribution in [0, 0.1) is 20.8 Å². The molecular formula is C12H19NO2. The highest BCUT2D eigenvalue weighted by atomic mass is 16.5. The molecule has 0 saturated carbocycles. The molecule has 1 rings (SSSR count). The van der Waals surface area contributed by atoms with E-state index in [2.05, 4.69) is 13.0 Å². The predicted octanol–water partition coefficient (Wildman–Crippen LogP) is 1.31. The Kier molecular flexibility index (Phi) is 4.12. The van der Waals surface area contributed by atoms with Crippen molar-refractivity contribution in [2.24, 2.45) is 5.73 Å². The molecule has 3 heteroatoms. The second-order valence-corrected chi connectivity index (χ2v) is 3.91. The van der Waals surface area contributed by atoms with Gasteiger partial charge in [-0.1, -0.05) is 6.07 Å². The SMILES string of the molecule is Cc1cc(C)c(C)c(OCC(O)CN)c1. The number of aliphatic hydroxyl groups excluding tert-OH is 1. The van der Waals surface area contributed by atoms with Crippen LogP contribution in [0.2, 0.25) is 0 Å². The number of benzene rings is 1. The molecule has 1 aromatic carbocycles. The molecule has 0 spiro atoms. The molecule has 0 aromatic heterocycles. The van der Waals surface area contributed by atoms with Crippen LogP contribution in [0.15, 0.2) is 12.1 Å². The average molecular weight is 209 g/mol. The minimum absolute atomic E-state index is 0.226. The van der Waals surface area contributed by atoms with Gasteiger partial charge in [0.1, 0.15) is 18.5 Å². The first-order chi connectivity index (χ1) is 7.04. The van der Waals surface area contributed by atoms with Gasteiger partial charge >= 0.3 is 0 Å². The van der Waals surface area contributed by atoms with Crippen molar-refractivity contribution < 1.29 is 9.84 Å². The van der Waals surface area contributed by atoms with Gasteiger partial charge in [0.25, 0.3) is 0 Å². The Labute approximate surface area is 90.9 Å². The topological polar surface area (TPSA) is 55.5 Å². The minimum atomic E-state index is -0.592. The zero-order chi connectivity index (χ0) is 11.4. The van der Waals surface area contributed by atoms with Gasteiger partial charge in [-0.2, -0.15) is 0 Å². The number of rotatable bonds is 4. The van der Waals surface area contributed by atoms with Crippen molar-refractivity contribution in [3.8, 4) is 5.75 Å². The molecule has 0 bridgehead atoms. The van der Waals surface area contributed by atoms with Crippen molar-refractivity contribution in [3.05, 3.63) is 28.8 Å². The first kappa shape index (κ1) is 12.0. The number of nitrogens with two attached hydrogens (primary N) is 1. The average Bonchev–Trinajstić information content (AvgIpc) is 2.20. The monoisotopic (exact) mass is 209 g/mol. The van der Waals surface area contributed by atoms with Crippen LogP contribution in [0.3, 0.4) is 0 Å². The quantitative estimate of drug-likeness (QED) is 0.786. The minimum Gasteiger partial charge on any atom is -0.491 e. The van der Waals surface area contributed by atoms with Crippen LogP contribution in [-0.2, 0) is 0 Å². The first-order valence-corrected chi connectivity index (χ1v) is 5.13. The highest BCUT2D eigenvalue weighted by Gasteiger charge is 2.06. The van der Waals surface area contributed by atoms with Gasteiger partial charge in [0.15, 0.2) is 0 Å². The van der Waals surface area contributed by atoms with E-state index in [0.29, 0.717) is 0 Å². The van der Waals surface area contributed by atoms with Crippen molar-refractivity contribution in [1.29, 1.82) is 0 Å². The standard InChI is InChI=1S/C12H19NO2/c1-8-4-9(2)10(3)12(5-8)15-7-11(14)6-13/h4-5,11,14H,6-7,13H2,1-3H3. The van der Waals surface area contributed by atoms with E-state index >= 15 is 0 Å². The summed E-state index contributed by atoms with van der Waals surface area (Å²) in [6, 6.07) is 4.09. The van der Waals surface area contributed by atoms with E-state index in [1.165, 1.54) is 5.56 Å². The summed E-state index contributed by atoms with van der Waals surface area (Å²) in [4.78, 5) is 0. The van der Waals surface area contributed by atoms with Gasteiger partial charge in [0, 0.05) is 6.54 Å². The van der Waals surface area contributed by atoms with Crippen LogP contribution in [-0.4, -0.2) is 24.4 Å². The number of hydrogen-bond acceptors (Lipinski definition) is 3. The fourth-order valence-electron chi connectivity index (χ4n) is 1.40. The van der Waals surface area contributed by atoms with E-state index in [9.17, 15) is 5.11 Å². The molecule has 0 aliphatic heterocycles. The van der Waals surface area contributed by atoms with Gasteiger partial charge in [-0.05, 0) is 43.5 Å². The lowest BCUT2D eigenvalue weighted by Crippen LogP contribution is -2.26. The van der Waals surface area contributed by atoms with Crippen molar-refractivity contribution >= 4 is 0 Å². The van der Waals surface area contributed by atoms with E-state index in [-0.39, 0.29) is 13.2 Å². The molecule has 0 radical (unpaired) electrons. The summed E-state index contributed by atoms with van der Waals surface area (Å²) in [6.07, 6.45) is -0.592. The van der Waals surface area contributed by atoms with E-state index < -0.39 is 6.10 Å². The third-order valence-electron chi connectivity index (χ3n) is 2.47. The summed E-state index contributed by atoms with van der Waals surface area (Å²) >= 11 is 0. The largest absolute Gasteiger partial charge is 0.491 e. The van der Waals surface area contributed by atoms with E-state index in [4.69, 9.17) is 10.5 Å². The van der Waals surface area contributed by atoms with Crippen molar-refractivity contribution in [2.45, 2.75) is 26.9 Å². The smallest absolute Gasteiger partial charge is 0.122 e. The lowest BCUT2D eigenvalue weighted by Gasteiger charge is -2.14. The molecule has 0 fully saturated rings. The molecule has 1 aromatic rings. The van der Waals surface area contributed by atoms with E-state index in [0.717, 1.165) is 16.9 Å². The van der Waals surface area contributed by atoms with Crippen LogP contribution in [0.4, 0.5) is 0 Å². The van der Waals surface area contributed by atoms with Crippen LogP contribution in [0.1, 0.15) is 16.7 Å². The highest BCUT2D eigenvalue weighted by molar-refractivity contribution is 5.41. The Morgan fingerprint density at radius 2 is 2.00 bits per heavy atom. The summed E-state index contributed by atoms with van der Waals surface area (Å²) in [5, 5.41) is 9.30. The summed E-state index contributed by atoms with van der Waals surface area (Å²) < 4.78 is 5.52. The molecule has 0 saturated heterocycles. The molecule has 0 amide bonds. The second-order valence-electron chi connectivity index (χ2n) is 3.91. The van der Waals surface area contributed by atoms with Crippen LogP contribution >= 0.6 is 0 Å². The third kappa shape index (κ3) is 3.22. The molecule has 0 heterocycles. The Morgan fingerprint density at radius 1 is 1.33 bits per heavy atom. The maximum atomic E-state index is 9.30. The van der Waals surface area contributed by atoms with Crippen LogP contribution in [0.25, 0.3) is 0 Å². The van der Waals surface area contributed by atoms with Gasteiger partial charge in [0.2, 0.25) is 0 Å². The molecule has 3 N–H and O–H groups in total. The number of hydrogen-bond donors (Lipinski definition) is 2. The molecule has 0 aliphatic carbocycles. The van der Waals surface area contributed by atoms with Crippen LogP contribution < -0.4 is 10.5 Å². The molecule has 0 aliphatic rings. The number of ether oxygens (including phenoxy) is 1. The third-order valence-corrected chi connectivity index (χ3v) is 2.47. The van der Waals surface area contributed by atoms with Gasteiger partial charge in [-0.3, -0.25) is 0 Å². The van der Waals surface area contributed by atoms with Crippen molar-refractivity contribution in [1.82, 2.24) is 0 Å². The zero-order valence-corrected chi connectivity index (χ0v) is 9.58. The Bertz CT molecular complexity index is 337. The lowest BCUT2D eigenvalue weighted by atomic mass is 10.1. The van der Waals surface area contributed by atoms with Gasteiger partial charge in [-0.25, -0.2) is 0 Å². The zero-order valence-electron chi connectivity index (χ0n) is 9.58. The maximum Gasteiger partial charge on any atom is 0.122 e. The fourth-order valence-corrected chi connectivity index (χ4v) is 1.40. The summed E-state index contributed by atoms with van der Waals surface area (Å²) in [5.74, 6) is 0.833. The maximum absolute atomic E-state index is 9.30. The van der Waals surface area contributed by atoms with Gasteiger partial charge in [0.05, 0.1) is 0 Å². The van der Waals surface area contributed by atoms with Crippen molar-refractivity contribution in [2.75, 3.05) is 13.2 Å². The molecule has 3 nitrogen and oxygen atoms in total. The lowest BCUT2D eigenvalue weighted by molar-refractivity contribution is 0.113. The summed E-state index contributed by atoms with van der Waals surface area (Å²) in [7, 11) is 0. The number of aryl methyl sites for hydroxylation is 2. The molecule has 1 unspecified atom stereocenters. The molecular weight excluding hydrogens is 190 g/mol. The molecule has 84 valence electrons. The second kappa shape index (κ2) is 5.14. The van der Waals surface area contributed by atoms with Crippen LogP contribution in [0.5, 0.6) is 5.75 Å². The van der Waals surface area contributed by atoms with E-state index in [1.54, 1.807) is 0 Å². The summed E-state index contributed by atoms with van der Waals surface area (Å²) in [5.41, 5.74) is 8.78. The van der Waals surface area contributed by atoms with Gasteiger partial charge in [-0.15, -0.1) is 0 Å². The van der Waals surface area contributed by atoms with Crippen molar-refractivity contribution in [3.63, 3.8) is 0 Å². The van der Waals surface area contributed by atoms with Gasteiger partial charge < -0.3 is 15.6 Å². The molecule has 1 atom stereocenters. The van der Waals surface area contributed by atoms with E-state index in [1.807, 2.05) is 19.9 Å². The predicted molar refractivity (Wildman–Crippen MR) is 61.2 cm³/mol.